The smallest absolute Gasteiger partial charge is 0.174 e. The van der Waals surface area contributed by atoms with E-state index in [0.29, 0.717) is 11.3 Å². The van der Waals surface area contributed by atoms with E-state index in [9.17, 15) is 5.11 Å². The van der Waals surface area contributed by atoms with Crippen LogP contribution in [0.3, 0.4) is 0 Å². The highest BCUT2D eigenvalue weighted by Crippen LogP contribution is 2.69. The summed E-state index contributed by atoms with van der Waals surface area (Å²) in [6.07, 6.45) is 15.7. The predicted octanol–water partition coefficient (Wildman–Crippen LogP) is 4.14. The summed E-state index contributed by atoms with van der Waals surface area (Å²) in [7, 11) is 0. The van der Waals surface area contributed by atoms with Gasteiger partial charge in [-0.3, -0.25) is 0 Å². The molecule has 1 N–H and O–H groups in total. The molecule has 144 valence electrons. The SMILES string of the molecule is C#C[C@]1(O)CC[C@@]2(C)[C@H](CC[C@@H]3[C@H]2CC[C@@]2(C)[C@H]3CCC23OCCO3)C1. The van der Waals surface area contributed by atoms with Crippen LogP contribution in [0.15, 0.2) is 0 Å². The summed E-state index contributed by atoms with van der Waals surface area (Å²) in [6.45, 7) is 6.50. The minimum Gasteiger partial charge on any atom is -0.378 e. The Morgan fingerprint density at radius 2 is 1.65 bits per heavy atom. The highest BCUT2D eigenvalue weighted by molar-refractivity contribution is 5.17. The Kier molecular flexibility index (Phi) is 3.70. The van der Waals surface area contributed by atoms with Crippen LogP contribution in [0.5, 0.6) is 0 Å². The van der Waals surface area contributed by atoms with Crippen molar-refractivity contribution < 1.29 is 14.6 Å². The lowest BCUT2D eigenvalue weighted by atomic mass is 9.44. The number of aliphatic hydroxyl groups is 1. The number of rotatable bonds is 0. The molecule has 3 heteroatoms. The van der Waals surface area contributed by atoms with Crippen molar-refractivity contribution in [1.29, 1.82) is 0 Å². The third-order valence-electron chi connectivity index (χ3n) is 9.79. The highest BCUT2D eigenvalue weighted by Gasteiger charge is 2.67. The Labute approximate surface area is 158 Å². The average molecular weight is 359 g/mol. The van der Waals surface area contributed by atoms with E-state index in [4.69, 9.17) is 15.9 Å². The summed E-state index contributed by atoms with van der Waals surface area (Å²) in [5.74, 6) is 5.28. The Morgan fingerprint density at radius 3 is 2.38 bits per heavy atom. The van der Waals surface area contributed by atoms with Crippen LogP contribution in [0.2, 0.25) is 0 Å². The van der Waals surface area contributed by atoms with Gasteiger partial charge >= 0.3 is 0 Å². The predicted molar refractivity (Wildman–Crippen MR) is 100 cm³/mol. The van der Waals surface area contributed by atoms with Gasteiger partial charge in [0.1, 0.15) is 5.60 Å². The zero-order valence-electron chi connectivity index (χ0n) is 16.4. The van der Waals surface area contributed by atoms with Crippen LogP contribution in [0.1, 0.15) is 71.6 Å². The molecule has 0 radical (unpaired) electrons. The molecule has 1 saturated heterocycles. The second-order valence-electron chi connectivity index (χ2n) is 10.5. The van der Waals surface area contributed by atoms with E-state index < -0.39 is 5.60 Å². The van der Waals surface area contributed by atoms with Crippen LogP contribution in [-0.4, -0.2) is 29.7 Å². The molecule has 4 aliphatic carbocycles. The maximum absolute atomic E-state index is 10.7. The molecule has 4 saturated carbocycles. The Morgan fingerprint density at radius 1 is 0.923 bits per heavy atom. The standard InChI is InChI=1S/C23H34O3/c1-4-22(24)12-11-20(2)16(15-22)5-6-17-18(20)7-9-21(3)19(17)8-10-23(21)25-13-14-26-23/h1,16-19,24H,5-15H2,2-3H3/t16-,17-,18-,19+,20+,21+,22+/m1/s1. The maximum atomic E-state index is 10.7. The van der Waals surface area contributed by atoms with Crippen molar-refractivity contribution in [3.8, 4) is 12.3 Å². The fourth-order valence-corrected chi connectivity index (χ4v) is 8.26. The van der Waals surface area contributed by atoms with Crippen molar-refractivity contribution in [1.82, 2.24) is 0 Å². The van der Waals surface area contributed by atoms with Gasteiger partial charge in [0, 0.05) is 11.8 Å². The van der Waals surface area contributed by atoms with Crippen LogP contribution in [-0.2, 0) is 9.47 Å². The van der Waals surface area contributed by atoms with E-state index in [2.05, 4.69) is 19.8 Å². The summed E-state index contributed by atoms with van der Waals surface area (Å²) in [4.78, 5) is 0. The monoisotopic (exact) mass is 358 g/mol. The quantitative estimate of drug-likeness (QED) is 0.662. The van der Waals surface area contributed by atoms with Crippen LogP contribution >= 0.6 is 0 Å². The molecule has 5 rings (SSSR count). The molecule has 26 heavy (non-hydrogen) atoms. The second-order valence-corrected chi connectivity index (χ2v) is 10.5. The lowest BCUT2D eigenvalue weighted by molar-refractivity contribution is -0.248. The van der Waals surface area contributed by atoms with E-state index in [1.165, 1.54) is 32.1 Å². The average Bonchev–Trinajstić information content (AvgIpc) is 3.22. The Hall–Kier alpha value is -0.560. The largest absolute Gasteiger partial charge is 0.378 e. The summed E-state index contributed by atoms with van der Waals surface area (Å²) in [5, 5.41) is 10.7. The van der Waals surface area contributed by atoms with E-state index in [-0.39, 0.29) is 11.2 Å². The minimum absolute atomic E-state index is 0.183. The van der Waals surface area contributed by atoms with Gasteiger partial charge in [0.2, 0.25) is 0 Å². The molecular weight excluding hydrogens is 324 g/mol. The van der Waals surface area contributed by atoms with E-state index in [0.717, 1.165) is 56.7 Å². The number of fused-ring (bicyclic) bond motifs is 6. The molecule has 3 nitrogen and oxygen atoms in total. The fourth-order valence-electron chi connectivity index (χ4n) is 8.26. The molecular formula is C23H34O3. The summed E-state index contributed by atoms with van der Waals surface area (Å²) < 4.78 is 12.5. The molecule has 0 bridgehead atoms. The van der Waals surface area contributed by atoms with E-state index in [1.807, 2.05) is 0 Å². The van der Waals surface area contributed by atoms with Gasteiger partial charge in [-0.25, -0.2) is 0 Å². The fraction of sp³-hybridized carbons (Fsp3) is 0.913. The topological polar surface area (TPSA) is 38.7 Å². The molecule has 0 aromatic carbocycles. The molecule has 0 unspecified atom stereocenters. The van der Waals surface area contributed by atoms with Gasteiger partial charge in [-0.15, -0.1) is 6.42 Å². The van der Waals surface area contributed by atoms with Crippen LogP contribution in [0.4, 0.5) is 0 Å². The number of ether oxygens (including phenoxy) is 2. The normalized spacial score (nSPS) is 55.0. The van der Waals surface area contributed by atoms with Crippen molar-refractivity contribution in [2.24, 2.45) is 34.5 Å². The zero-order chi connectivity index (χ0) is 18.2. The van der Waals surface area contributed by atoms with Crippen molar-refractivity contribution in [2.45, 2.75) is 83.0 Å². The van der Waals surface area contributed by atoms with Crippen LogP contribution in [0.25, 0.3) is 0 Å². The first-order chi connectivity index (χ1) is 12.4. The lowest BCUT2D eigenvalue weighted by Crippen LogP contribution is -2.58. The molecule has 0 aromatic rings. The molecule has 1 heterocycles. The Bertz CT molecular complexity index is 632. The molecule has 0 aromatic heterocycles. The second kappa shape index (κ2) is 5.49. The lowest BCUT2D eigenvalue weighted by Gasteiger charge is -2.62. The van der Waals surface area contributed by atoms with Gasteiger partial charge in [-0.05, 0) is 80.5 Å². The first-order valence-electron chi connectivity index (χ1n) is 10.8. The minimum atomic E-state index is -0.858. The van der Waals surface area contributed by atoms with Crippen LogP contribution < -0.4 is 0 Å². The third kappa shape index (κ3) is 2.07. The van der Waals surface area contributed by atoms with E-state index in [1.54, 1.807) is 0 Å². The Balaban J connectivity index is 1.43. The number of terminal acetylenes is 1. The van der Waals surface area contributed by atoms with E-state index >= 15 is 0 Å². The molecule has 5 aliphatic rings. The number of hydrogen-bond acceptors (Lipinski definition) is 3. The molecule has 5 fully saturated rings. The maximum Gasteiger partial charge on any atom is 0.174 e. The van der Waals surface area contributed by atoms with Gasteiger partial charge in [-0.1, -0.05) is 19.8 Å². The molecule has 7 atom stereocenters. The van der Waals surface area contributed by atoms with Gasteiger partial charge in [0.15, 0.2) is 5.79 Å². The molecule has 0 amide bonds. The van der Waals surface area contributed by atoms with Crippen molar-refractivity contribution in [2.75, 3.05) is 13.2 Å². The zero-order valence-corrected chi connectivity index (χ0v) is 16.4. The summed E-state index contributed by atoms with van der Waals surface area (Å²) in [6, 6.07) is 0. The van der Waals surface area contributed by atoms with Gasteiger partial charge in [-0.2, -0.15) is 0 Å². The third-order valence-corrected chi connectivity index (χ3v) is 9.79. The first kappa shape index (κ1) is 17.5. The van der Waals surface area contributed by atoms with Crippen molar-refractivity contribution in [3.05, 3.63) is 0 Å². The van der Waals surface area contributed by atoms with Crippen LogP contribution in [0, 0.1) is 46.8 Å². The molecule has 1 aliphatic heterocycles. The first-order valence-corrected chi connectivity index (χ1v) is 10.8. The van der Waals surface area contributed by atoms with Crippen molar-refractivity contribution >= 4 is 0 Å². The van der Waals surface area contributed by atoms with Crippen molar-refractivity contribution in [3.63, 3.8) is 0 Å². The van der Waals surface area contributed by atoms with Gasteiger partial charge in [0.25, 0.3) is 0 Å². The highest BCUT2D eigenvalue weighted by atomic mass is 16.7. The summed E-state index contributed by atoms with van der Waals surface area (Å²) >= 11 is 0. The molecule has 1 spiro atoms. The van der Waals surface area contributed by atoms with Gasteiger partial charge < -0.3 is 14.6 Å². The van der Waals surface area contributed by atoms with Gasteiger partial charge in [0.05, 0.1) is 13.2 Å². The number of hydrogen-bond donors (Lipinski definition) is 1. The summed E-state index contributed by atoms with van der Waals surface area (Å²) in [5.41, 5.74) is -0.328.